The van der Waals surface area contributed by atoms with E-state index in [9.17, 15) is 14.4 Å². The quantitative estimate of drug-likeness (QED) is 0.726. The summed E-state index contributed by atoms with van der Waals surface area (Å²) < 4.78 is 0. The van der Waals surface area contributed by atoms with Crippen molar-refractivity contribution in [2.24, 2.45) is 5.41 Å². The summed E-state index contributed by atoms with van der Waals surface area (Å²) in [5.74, 6) is -1.73. The number of amides is 3. The number of rotatable bonds is 5. The standard InChI is InChI=1S/C14H18N2O4S/c1-14(2,12(18)19)8-11(17)16-13(20)15-9-5-4-6-10(7-9)21-3/h4-7H,8H2,1-3H3,(H,18,19)(H2,15,16,17,20). The van der Waals surface area contributed by atoms with Gasteiger partial charge >= 0.3 is 12.0 Å². The van der Waals surface area contributed by atoms with Gasteiger partial charge < -0.3 is 10.4 Å². The number of nitrogens with one attached hydrogen (secondary N) is 2. The minimum atomic E-state index is -1.22. The number of benzene rings is 1. The predicted octanol–water partition coefficient (Wildman–Crippen LogP) is 2.56. The van der Waals surface area contributed by atoms with Gasteiger partial charge in [0.15, 0.2) is 0 Å². The maximum atomic E-state index is 11.7. The number of urea groups is 1. The van der Waals surface area contributed by atoms with E-state index in [1.165, 1.54) is 25.6 Å². The molecule has 0 spiro atoms. The molecule has 0 aromatic heterocycles. The molecule has 0 aliphatic rings. The first-order chi connectivity index (χ1) is 9.74. The third-order valence-corrected chi connectivity index (χ3v) is 3.49. The first-order valence-electron chi connectivity index (χ1n) is 6.23. The molecule has 114 valence electrons. The topological polar surface area (TPSA) is 95.5 Å². The average Bonchev–Trinajstić information content (AvgIpc) is 2.37. The summed E-state index contributed by atoms with van der Waals surface area (Å²) in [6, 6.07) is 6.48. The van der Waals surface area contributed by atoms with Gasteiger partial charge in [0, 0.05) is 17.0 Å². The molecule has 0 aliphatic heterocycles. The van der Waals surface area contributed by atoms with Crippen molar-refractivity contribution < 1.29 is 19.5 Å². The molecule has 1 rings (SSSR count). The Balaban J connectivity index is 2.57. The summed E-state index contributed by atoms with van der Waals surface area (Å²) in [5.41, 5.74) is -0.659. The number of carboxylic acid groups (broad SMARTS) is 1. The van der Waals surface area contributed by atoms with Crippen molar-refractivity contribution in [3.05, 3.63) is 24.3 Å². The molecular formula is C14H18N2O4S. The number of thioether (sulfide) groups is 1. The molecule has 0 saturated heterocycles. The van der Waals surface area contributed by atoms with Crippen molar-refractivity contribution in [3.63, 3.8) is 0 Å². The Hall–Kier alpha value is -2.02. The van der Waals surface area contributed by atoms with Gasteiger partial charge in [-0.2, -0.15) is 0 Å². The third-order valence-electron chi connectivity index (χ3n) is 2.76. The molecule has 0 heterocycles. The van der Waals surface area contributed by atoms with Crippen LogP contribution in [-0.2, 0) is 9.59 Å². The SMILES string of the molecule is CSc1cccc(NC(=O)NC(=O)CC(C)(C)C(=O)O)c1. The van der Waals surface area contributed by atoms with Gasteiger partial charge in [0.25, 0.3) is 0 Å². The highest BCUT2D eigenvalue weighted by Gasteiger charge is 2.30. The fourth-order valence-electron chi connectivity index (χ4n) is 1.51. The zero-order valence-electron chi connectivity index (χ0n) is 12.1. The Labute approximate surface area is 127 Å². The van der Waals surface area contributed by atoms with Crippen molar-refractivity contribution in [2.75, 3.05) is 11.6 Å². The molecule has 21 heavy (non-hydrogen) atoms. The second-order valence-electron chi connectivity index (χ2n) is 5.10. The smallest absolute Gasteiger partial charge is 0.325 e. The highest BCUT2D eigenvalue weighted by atomic mass is 32.2. The molecule has 0 fully saturated rings. The van der Waals surface area contributed by atoms with E-state index in [1.54, 1.807) is 18.2 Å². The maximum absolute atomic E-state index is 11.7. The fourth-order valence-corrected chi connectivity index (χ4v) is 1.97. The molecule has 0 radical (unpaired) electrons. The van der Waals surface area contributed by atoms with Crippen molar-refractivity contribution in [1.29, 1.82) is 0 Å². The first-order valence-corrected chi connectivity index (χ1v) is 7.45. The summed E-state index contributed by atoms with van der Waals surface area (Å²) in [5, 5.41) is 13.6. The van der Waals surface area contributed by atoms with E-state index in [2.05, 4.69) is 10.6 Å². The van der Waals surface area contributed by atoms with Crippen LogP contribution < -0.4 is 10.6 Å². The van der Waals surface area contributed by atoms with E-state index >= 15 is 0 Å². The van der Waals surface area contributed by atoms with Crippen molar-refractivity contribution in [1.82, 2.24) is 5.32 Å². The second-order valence-corrected chi connectivity index (χ2v) is 5.98. The average molecular weight is 310 g/mol. The van der Waals surface area contributed by atoms with Crippen LogP contribution in [0.4, 0.5) is 10.5 Å². The van der Waals surface area contributed by atoms with Crippen LogP contribution in [0.1, 0.15) is 20.3 Å². The monoisotopic (exact) mass is 310 g/mol. The predicted molar refractivity (Wildman–Crippen MR) is 81.4 cm³/mol. The van der Waals surface area contributed by atoms with E-state index < -0.39 is 23.3 Å². The largest absolute Gasteiger partial charge is 0.481 e. The highest BCUT2D eigenvalue weighted by molar-refractivity contribution is 7.98. The highest BCUT2D eigenvalue weighted by Crippen LogP contribution is 2.20. The van der Waals surface area contributed by atoms with Crippen molar-refractivity contribution >= 4 is 35.4 Å². The summed E-state index contributed by atoms with van der Waals surface area (Å²) in [7, 11) is 0. The van der Waals surface area contributed by atoms with Gasteiger partial charge in [-0.3, -0.25) is 14.9 Å². The zero-order chi connectivity index (χ0) is 16.0. The van der Waals surface area contributed by atoms with Gasteiger partial charge in [-0.05, 0) is 38.3 Å². The number of carboxylic acids is 1. The van der Waals surface area contributed by atoms with Gasteiger partial charge in [-0.1, -0.05) is 6.07 Å². The van der Waals surface area contributed by atoms with Crippen LogP contribution in [0.5, 0.6) is 0 Å². The van der Waals surface area contributed by atoms with Gasteiger partial charge in [0.1, 0.15) is 0 Å². The first kappa shape index (κ1) is 17.0. The van der Waals surface area contributed by atoms with Crippen LogP contribution in [0.25, 0.3) is 0 Å². The lowest BCUT2D eigenvalue weighted by atomic mass is 9.89. The Morgan fingerprint density at radius 3 is 2.52 bits per heavy atom. The molecule has 0 atom stereocenters. The van der Waals surface area contributed by atoms with Gasteiger partial charge in [-0.25, -0.2) is 4.79 Å². The number of hydrogen-bond donors (Lipinski definition) is 3. The third kappa shape index (κ3) is 5.47. The number of hydrogen-bond acceptors (Lipinski definition) is 4. The van der Waals surface area contributed by atoms with Crippen LogP contribution in [0.3, 0.4) is 0 Å². The minimum absolute atomic E-state index is 0.277. The zero-order valence-corrected chi connectivity index (χ0v) is 12.9. The maximum Gasteiger partial charge on any atom is 0.325 e. The van der Waals surface area contributed by atoms with Gasteiger partial charge in [-0.15, -0.1) is 11.8 Å². The summed E-state index contributed by atoms with van der Waals surface area (Å²) in [6.45, 7) is 2.85. The molecule has 7 heteroatoms. The molecule has 0 bridgehead atoms. The van der Waals surface area contributed by atoms with E-state index in [1.807, 2.05) is 12.3 Å². The van der Waals surface area contributed by atoms with Crippen molar-refractivity contribution in [3.8, 4) is 0 Å². The van der Waals surface area contributed by atoms with Crippen LogP contribution >= 0.6 is 11.8 Å². The Morgan fingerprint density at radius 1 is 1.29 bits per heavy atom. The lowest BCUT2D eigenvalue weighted by molar-refractivity contribution is -0.149. The van der Waals surface area contributed by atoms with Crippen LogP contribution in [0.15, 0.2) is 29.2 Å². The van der Waals surface area contributed by atoms with Crippen molar-refractivity contribution in [2.45, 2.75) is 25.2 Å². The fraction of sp³-hybridized carbons (Fsp3) is 0.357. The normalized spacial score (nSPS) is 10.8. The molecular weight excluding hydrogens is 292 g/mol. The summed E-state index contributed by atoms with van der Waals surface area (Å²) in [4.78, 5) is 35.2. The second kappa shape index (κ2) is 7.12. The number of aliphatic carboxylic acids is 1. The number of anilines is 1. The summed E-state index contributed by atoms with van der Waals surface area (Å²) >= 11 is 1.53. The molecule has 0 aliphatic carbocycles. The van der Waals surface area contributed by atoms with Crippen LogP contribution in [0.2, 0.25) is 0 Å². The van der Waals surface area contributed by atoms with Gasteiger partial charge in [0.05, 0.1) is 5.41 Å². The lowest BCUT2D eigenvalue weighted by Gasteiger charge is -2.17. The molecule has 0 unspecified atom stereocenters. The molecule has 1 aromatic rings. The Bertz CT molecular complexity index is 558. The van der Waals surface area contributed by atoms with E-state index in [-0.39, 0.29) is 6.42 Å². The molecule has 0 saturated carbocycles. The van der Waals surface area contributed by atoms with E-state index in [0.29, 0.717) is 5.69 Å². The van der Waals surface area contributed by atoms with Crippen LogP contribution in [-0.4, -0.2) is 29.3 Å². The number of imide groups is 1. The molecule has 1 aromatic carbocycles. The molecule has 6 nitrogen and oxygen atoms in total. The Morgan fingerprint density at radius 2 is 1.95 bits per heavy atom. The lowest BCUT2D eigenvalue weighted by Crippen LogP contribution is -2.38. The summed E-state index contributed by atoms with van der Waals surface area (Å²) in [6.07, 6.45) is 1.64. The van der Waals surface area contributed by atoms with E-state index in [0.717, 1.165) is 4.90 Å². The number of carbonyl (C=O) groups is 3. The number of carbonyl (C=O) groups excluding carboxylic acids is 2. The van der Waals surface area contributed by atoms with Crippen LogP contribution in [0, 0.1) is 5.41 Å². The minimum Gasteiger partial charge on any atom is -0.481 e. The van der Waals surface area contributed by atoms with E-state index in [4.69, 9.17) is 5.11 Å². The molecule has 3 N–H and O–H groups in total. The Kier molecular flexibility index (Phi) is 5.78. The van der Waals surface area contributed by atoms with Gasteiger partial charge in [0.2, 0.25) is 5.91 Å². The molecule has 3 amide bonds.